The molecule has 0 saturated carbocycles. The minimum atomic E-state index is -0.939. The van der Waals surface area contributed by atoms with Gasteiger partial charge < -0.3 is 9.64 Å². The minimum absolute atomic E-state index is 0.151. The number of hydrogen-bond donors (Lipinski definition) is 0. The Hall–Kier alpha value is -1.57. The van der Waals surface area contributed by atoms with Gasteiger partial charge in [-0.3, -0.25) is 9.59 Å². The van der Waals surface area contributed by atoms with Crippen LogP contribution in [-0.4, -0.2) is 37.0 Å². The predicted octanol–water partition coefficient (Wildman–Crippen LogP) is 1.34. The van der Waals surface area contributed by atoms with Gasteiger partial charge in [-0.2, -0.15) is 5.26 Å². The Morgan fingerprint density at radius 3 is 2.50 bits per heavy atom. The van der Waals surface area contributed by atoms with Gasteiger partial charge in [0, 0.05) is 13.1 Å². The Bertz CT molecular complexity index is 369. The van der Waals surface area contributed by atoms with Crippen molar-refractivity contribution >= 4 is 11.9 Å². The topological polar surface area (TPSA) is 70.4 Å². The molecule has 0 aromatic rings. The molecule has 0 N–H and O–H groups in total. The van der Waals surface area contributed by atoms with E-state index in [1.165, 1.54) is 7.11 Å². The SMILES string of the molecule is CCC(C#N)(CC)C(=O)N1CCC(C(=O)OC)C1. The lowest BCUT2D eigenvalue weighted by Gasteiger charge is -2.28. The van der Waals surface area contributed by atoms with Gasteiger partial charge in [-0.25, -0.2) is 0 Å². The van der Waals surface area contributed by atoms with Crippen LogP contribution in [0.15, 0.2) is 0 Å². The summed E-state index contributed by atoms with van der Waals surface area (Å²) in [5.74, 6) is -0.675. The van der Waals surface area contributed by atoms with Gasteiger partial charge in [0.15, 0.2) is 0 Å². The maximum Gasteiger partial charge on any atom is 0.310 e. The van der Waals surface area contributed by atoms with E-state index in [2.05, 4.69) is 10.8 Å². The second kappa shape index (κ2) is 5.85. The summed E-state index contributed by atoms with van der Waals surface area (Å²) in [7, 11) is 1.35. The second-order valence-electron chi connectivity index (χ2n) is 4.66. The van der Waals surface area contributed by atoms with Crippen molar-refractivity contribution in [2.24, 2.45) is 11.3 Å². The Morgan fingerprint density at radius 1 is 1.44 bits per heavy atom. The van der Waals surface area contributed by atoms with E-state index >= 15 is 0 Å². The van der Waals surface area contributed by atoms with Gasteiger partial charge >= 0.3 is 5.97 Å². The van der Waals surface area contributed by atoms with Crippen LogP contribution in [0.1, 0.15) is 33.1 Å². The highest BCUT2D eigenvalue weighted by molar-refractivity contribution is 5.86. The molecule has 0 radical (unpaired) electrons. The molecular weight excluding hydrogens is 232 g/mol. The van der Waals surface area contributed by atoms with Gasteiger partial charge in [-0.1, -0.05) is 13.8 Å². The van der Waals surface area contributed by atoms with Crippen molar-refractivity contribution in [3.8, 4) is 6.07 Å². The van der Waals surface area contributed by atoms with Crippen molar-refractivity contribution in [2.75, 3.05) is 20.2 Å². The summed E-state index contributed by atoms with van der Waals surface area (Å²) < 4.78 is 4.68. The summed E-state index contributed by atoms with van der Waals surface area (Å²) in [5.41, 5.74) is -0.939. The molecule has 1 rings (SSSR count). The number of ether oxygens (including phenoxy) is 1. The number of hydrogen-bond acceptors (Lipinski definition) is 4. The molecule has 18 heavy (non-hydrogen) atoms. The van der Waals surface area contributed by atoms with E-state index in [0.29, 0.717) is 32.4 Å². The molecule has 1 amide bonds. The summed E-state index contributed by atoms with van der Waals surface area (Å²) in [5, 5.41) is 9.24. The van der Waals surface area contributed by atoms with E-state index in [-0.39, 0.29) is 17.8 Å². The number of carbonyl (C=O) groups is 2. The molecule has 100 valence electrons. The first-order valence-electron chi connectivity index (χ1n) is 6.33. The second-order valence-corrected chi connectivity index (χ2v) is 4.66. The number of nitrogens with zero attached hydrogens (tertiary/aromatic N) is 2. The highest BCUT2D eigenvalue weighted by Gasteiger charge is 2.42. The molecule has 0 spiro atoms. The molecule has 0 aliphatic carbocycles. The van der Waals surface area contributed by atoms with E-state index in [0.717, 1.165) is 0 Å². The number of amides is 1. The predicted molar refractivity (Wildman–Crippen MR) is 65.3 cm³/mol. The third kappa shape index (κ3) is 2.47. The number of methoxy groups -OCH3 is 1. The van der Waals surface area contributed by atoms with Crippen molar-refractivity contribution in [2.45, 2.75) is 33.1 Å². The van der Waals surface area contributed by atoms with E-state index in [9.17, 15) is 14.9 Å². The number of carbonyl (C=O) groups excluding carboxylic acids is 2. The van der Waals surface area contributed by atoms with Gasteiger partial charge in [-0.05, 0) is 19.3 Å². The van der Waals surface area contributed by atoms with Crippen molar-refractivity contribution in [3.05, 3.63) is 0 Å². The highest BCUT2D eigenvalue weighted by atomic mass is 16.5. The summed E-state index contributed by atoms with van der Waals surface area (Å²) >= 11 is 0. The van der Waals surface area contributed by atoms with E-state index in [1.54, 1.807) is 4.90 Å². The average Bonchev–Trinajstić information content (AvgIpc) is 2.89. The zero-order valence-electron chi connectivity index (χ0n) is 11.2. The summed E-state index contributed by atoms with van der Waals surface area (Å²) in [4.78, 5) is 25.4. The lowest BCUT2D eigenvalue weighted by Crippen LogP contribution is -2.42. The number of nitriles is 1. The van der Waals surface area contributed by atoms with Crippen LogP contribution in [0.2, 0.25) is 0 Å². The molecule has 1 saturated heterocycles. The van der Waals surface area contributed by atoms with Crippen LogP contribution in [-0.2, 0) is 14.3 Å². The molecule has 1 aliphatic rings. The molecule has 0 aromatic heterocycles. The molecule has 0 aromatic carbocycles. The first kappa shape index (κ1) is 14.5. The Morgan fingerprint density at radius 2 is 2.06 bits per heavy atom. The largest absolute Gasteiger partial charge is 0.469 e. The molecule has 1 heterocycles. The van der Waals surface area contributed by atoms with Gasteiger partial charge in [0.2, 0.25) is 5.91 Å². The maximum absolute atomic E-state index is 12.4. The molecule has 1 unspecified atom stereocenters. The number of esters is 1. The molecule has 0 bridgehead atoms. The molecule has 5 nitrogen and oxygen atoms in total. The monoisotopic (exact) mass is 252 g/mol. The fraction of sp³-hybridized carbons (Fsp3) is 0.769. The van der Waals surface area contributed by atoms with Crippen molar-refractivity contribution in [1.82, 2.24) is 4.90 Å². The van der Waals surface area contributed by atoms with Crippen LogP contribution in [0, 0.1) is 22.7 Å². The third-order valence-electron chi connectivity index (χ3n) is 3.84. The normalized spacial score (nSPS) is 19.4. The molecule has 5 heteroatoms. The third-order valence-corrected chi connectivity index (χ3v) is 3.84. The minimum Gasteiger partial charge on any atom is -0.469 e. The van der Waals surface area contributed by atoms with E-state index in [4.69, 9.17) is 0 Å². The molecular formula is C13H20N2O3. The smallest absolute Gasteiger partial charge is 0.310 e. The molecule has 1 atom stereocenters. The summed E-state index contributed by atoms with van der Waals surface area (Å²) in [6, 6.07) is 2.14. The van der Waals surface area contributed by atoms with Gasteiger partial charge in [0.1, 0.15) is 5.41 Å². The van der Waals surface area contributed by atoms with Gasteiger partial charge in [0.25, 0.3) is 0 Å². The van der Waals surface area contributed by atoms with Crippen molar-refractivity contribution in [1.29, 1.82) is 5.26 Å². The summed E-state index contributed by atoms with van der Waals surface area (Å²) in [6.45, 7) is 4.59. The fourth-order valence-corrected chi connectivity index (χ4v) is 2.36. The lowest BCUT2D eigenvalue weighted by atomic mass is 9.82. The van der Waals surface area contributed by atoms with Crippen molar-refractivity contribution < 1.29 is 14.3 Å². The lowest BCUT2D eigenvalue weighted by molar-refractivity contribution is -0.145. The van der Waals surface area contributed by atoms with Crippen LogP contribution >= 0.6 is 0 Å². The molecule has 1 fully saturated rings. The first-order chi connectivity index (χ1) is 8.54. The Kier molecular flexibility index (Phi) is 4.71. The fourth-order valence-electron chi connectivity index (χ4n) is 2.36. The van der Waals surface area contributed by atoms with Crippen LogP contribution < -0.4 is 0 Å². The highest BCUT2D eigenvalue weighted by Crippen LogP contribution is 2.31. The standard InChI is InChI=1S/C13H20N2O3/c1-4-13(5-2,9-14)12(17)15-7-6-10(8-15)11(16)18-3/h10H,4-8H2,1-3H3. The van der Waals surface area contributed by atoms with Gasteiger partial charge in [0.05, 0.1) is 19.1 Å². The van der Waals surface area contributed by atoms with Crippen LogP contribution in [0.25, 0.3) is 0 Å². The van der Waals surface area contributed by atoms with E-state index in [1.807, 2.05) is 13.8 Å². The van der Waals surface area contributed by atoms with E-state index < -0.39 is 5.41 Å². The zero-order valence-corrected chi connectivity index (χ0v) is 11.2. The zero-order chi connectivity index (χ0) is 13.8. The molecule has 1 aliphatic heterocycles. The Labute approximate surface area is 108 Å². The Balaban J connectivity index is 2.76. The van der Waals surface area contributed by atoms with Crippen molar-refractivity contribution in [3.63, 3.8) is 0 Å². The summed E-state index contributed by atoms with van der Waals surface area (Å²) in [6.07, 6.45) is 1.61. The van der Waals surface area contributed by atoms with Crippen LogP contribution in [0.3, 0.4) is 0 Å². The van der Waals surface area contributed by atoms with Gasteiger partial charge in [-0.15, -0.1) is 0 Å². The maximum atomic E-state index is 12.4. The number of rotatable bonds is 4. The number of likely N-dealkylation sites (tertiary alicyclic amines) is 1. The van der Waals surface area contributed by atoms with Crippen LogP contribution in [0.4, 0.5) is 0 Å². The quantitative estimate of drug-likeness (QED) is 0.708. The first-order valence-corrected chi connectivity index (χ1v) is 6.33. The van der Waals surface area contributed by atoms with Crippen LogP contribution in [0.5, 0.6) is 0 Å². The average molecular weight is 252 g/mol.